The molecule has 6 nitrogen and oxygen atoms in total. The molecule has 6 heteroatoms. The second-order valence-corrected chi connectivity index (χ2v) is 7.44. The maximum Gasteiger partial charge on any atom is 0.236 e. The molecule has 0 spiro atoms. The number of fused-ring (bicyclic) bond motifs is 1. The molecule has 28 heavy (non-hydrogen) atoms. The summed E-state index contributed by atoms with van der Waals surface area (Å²) in [5.41, 5.74) is 4.86. The first-order valence-electron chi connectivity index (χ1n) is 10.0. The standard InChI is InChI=1S/C22H29N5O/c1-5-26(6-2)20(28)15-25-7-9-27(10-8-25)22-18(13-23)14-24-21-17(4)11-16(3)12-19(21)22/h11-12,14H,5-10,15H2,1-4H3. The fourth-order valence-electron chi connectivity index (χ4n) is 4.07. The van der Waals surface area contributed by atoms with Gasteiger partial charge in [-0.1, -0.05) is 11.6 Å². The lowest BCUT2D eigenvalue weighted by Gasteiger charge is -2.37. The predicted molar refractivity (Wildman–Crippen MR) is 113 cm³/mol. The predicted octanol–water partition coefficient (Wildman–Crippen LogP) is 2.71. The van der Waals surface area contributed by atoms with Gasteiger partial charge in [-0.2, -0.15) is 5.26 Å². The molecule has 0 N–H and O–H groups in total. The van der Waals surface area contributed by atoms with Gasteiger partial charge in [-0.05, 0) is 39.3 Å². The van der Waals surface area contributed by atoms with E-state index in [-0.39, 0.29) is 5.91 Å². The smallest absolute Gasteiger partial charge is 0.236 e. The minimum atomic E-state index is 0.191. The average Bonchev–Trinajstić information content (AvgIpc) is 2.68. The van der Waals surface area contributed by atoms with Crippen molar-refractivity contribution in [2.24, 2.45) is 0 Å². The van der Waals surface area contributed by atoms with Gasteiger partial charge in [0, 0.05) is 50.9 Å². The number of piperazine rings is 1. The number of nitrogens with zero attached hydrogens (tertiary/aromatic N) is 5. The highest BCUT2D eigenvalue weighted by Gasteiger charge is 2.24. The number of amides is 1. The first kappa shape index (κ1) is 20.1. The van der Waals surface area contributed by atoms with Crippen molar-refractivity contribution >= 4 is 22.5 Å². The third-order valence-corrected chi connectivity index (χ3v) is 5.56. The van der Waals surface area contributed by atoms with Crippen molar-refractivity contribution in [3.8, 4) is 6.07 Å². The zero-order valence-electron chi connectivity index (χ0n) is 17.3. The Bertz CT molecular complexity index is 905. The highest BCUT2D eigenvalue weighted by Crippen LogP contribution is 2.32. The van der Waals surface area contributed by atoms with Crippen molar-refractivity contribution in [2.45, 2.75) is 27.7 Å². The Morgan fingerprint density at radius 2 is 1.86 bits per heavy atom. The van der Waals surface area contributed by atoms with Gasteiger partial charge in [0.2, 0.25) is 5.91 Å². The highest BCUT2D eigenvalue weighted by molar-refractivity contribution is 5.96. The SMILES string of the molecule is CCN(CC)C(=O)CN1CCN(c2c(C#N)cnc3c(C)cc(C)cc23)CC1. The molecule has 2 aromatic rings. The number of carbonyl (C=O) groups is 1. The molecular formula is C22H29N5O. The van der Waals surface area contributed by atoms with Crippen molar-refractivity contribution in [1.29, 1.82) is 5.26 Å². The van der Waals surface area contributed by atoms with E-state index in [4.69, 9.17) is 0 Å². The van der Waals surface area contributed by atoms with Crippen LogP contribution in [0.2, 0.25) is 0 Å². The van der Waals surface area contributed by atoms with Crippen LogP contribution in [0.25, 0.3) is 10.9 Å². The first-order chi connectivity index (χ1) is 13.5. The van der Waals surface area contributed by atoms with Crippen LogP contribution in [0, 0.1) is 25.2 Å². The van der Waals surface area contributed by atoms with Crippen LogP contribution in [-0.2, 0) is 4.79 Å². The second-order valence-electron chi connectivity index (χ2n) is 7.44. The third-order valence-electron chi connectivity index (χ3n) is 5.56. The summed E-state index contributed by atoms with van der Waals surface area (Å²) in [4.78, 5) is 23.3. The molecule has 1 fully saturated rings. The summed E-state index contributed by atoms with van der Waals surface area (Å²) < 4.78 is 0. The molecular weight excluding hydrogens is 350 g/mol. The fraction of sp³-hybridized carbons (Fsp3) is 0.500. The van der Waals surface area contributed by atoms with Crippen molar-refractivity contribution in [3.63, 3.8) is 0 Å². The van der Waals surface area contributed by atoms with E-state index < -0.39 is 0 Å². The summed E-state index contributed by atoms with van der Waals surface area (Å²) in [6.07, 6.45) is 1.69. The molecule has 1 aromatic heterocycles. The maximum absolute atomic E-state index is 12.4. The summed E-state index contributed by atoms with van der Waals surface area (Å²) in [7, 11) is 0. The van der Waals surface area contributed by atoms with Crippen LogP contribution in [0.15, 0.2) is 18.3 Å². The van der Waals surface area contributed by atoms with Gasteiger partial charge in [0.05, 0.1) is 23.3 Å². The Morgan fingerprint density at radius 3 is 2.46 bits per heavy atom. The van der Waals surface area contributed by atoms with Gasteiger partial charge in [-0.25, -0.2) is 0 Å². The van der Waals surface area contributed by atoms with E-state index >= 15 is 0 Å². The Labute approximate surface area is 167 Å². The zero-order chi connectivity index (χ0) is 20.3. The number of hydrogen-bond acceptors (Lipinski definition) is 5. The van der Waals surface area contributed by atoms with Crippen LogP contribution in [-0.4, -0.2) is 66.5 Å². The van der Waals surface area contributed by atoms with Crippen LogP contribution in [0.5, 0.6) is 0 Å². The summed E-state index contributed by atoms with van der Waals surface area (Å²) >= 11 is 0. The summed E-state index contributed by atoms with van der Waals surface area (Å²) in [6, 6.07) is 6.57. The van der Waals surface area contributed by atoms with E-state index in [1.807, 2.05) is 18.7 Å². The van der Waals surface area contributed by atoms with Crippen LogP contribution >= 0.6 is 0 Å². The third kappa shape index (κ3) is 3.95. The minimum Gasteiger partial charge on any atom is -0.367 e. The molecule has 0 unspecified atom stereocenters. The lowest BCUT2D eigenvalue weighted by atomic mass is 10.0. The highest BCUT2D eigenvalue weighted by atomic mass is 16.2. The normalized spacial score (nSPS) is 14.9. The Kier molecular flexibility index (Phi) is 6.15. The van der Waals surface area contributed by atoms with Gasteiger partial charge in [0.1, 0.15) is 6.07 Å². The molecule has 1 saturated heterocycles. The quantitative estimate of drug-likeness (QED) is 0.799. The number of aromatic nitrogens is 1. The molecule has 0 aliphatic carbocycles. The number of anilines is 1. The van der Waals surface area contributed by atoms with Crippen molar-refractivity contribution < 1.29 is 4.79 Å². The van der Waals surface area contributed by atoms with Gasteiger partial charge in [0.25, 0.3) is 0 Å². The van der Waals surface area contributed by atoms with E-state index in [0.717, 1.165) is 61.4 Å². The van der Waals surface area contributed by atoms with Gasteiger partial charge in [-0.15, -0.1) is 0 Å². The van der Waals surface area contributed by atoms with Crippen molar-refractivity contribution in [2.75, 3.05) is 50.7 Å². The van der Waals surface area contributed by atoms with Crippen LogP contribution in [0.1, 0.15) is 30.5 Å². The number of aryl methyl sites for hydroxylation is 2. The van der Waals surface area contributed by atoms with Crippen LogP contribution in [0.4, 0.5) is 5.69 Å². The largest absolute Gasteiger partial charge is 0.367 e. The molecule has 2 heterocycles. The molecule has 0 radical (unpaired) electrons. The Morgan fingerprint density at radius 1 is 1.18 bits per heavy atom. The topological polar surface area (TPSA) is 63.5 Å². The average molecular weight is 380 g/mol. The monoisotopic (exact) mass is 379 g/mol. The number of benzene rings is 1. The van der Waals surface area contributed by atoms with Gasteiger partial charge < -0.3 is 9.80 Å². The van der Waals surface area contributed by atoms with E-state index in [2.05, 4.69) is 46.8 Å². The van der Waals surface area contributed by atoms with Crippen LogP contribution in [0.3, 0.4) is 0 Å². The van der Waals surface area contributed by atoms with Crippen molar-refractivity contribution in [1.82, 2.24) is 14.8 Å². The molecule has 0 atom stereocenters. The Hall–Kier alpha value is -2.65. The molecule has 3 rings (SSSR count). The van der Waals surface area contributed by atoms with E-state index in [1.165, 1.54) is 5.56 Å². The van der Waals surface area contributed by atoms with E-state index in [1.54, 1.807) is 6.20 Å². The molecule has 0 saturated carbocycles. The fourth-order valence-corrected chi connectivity index (χ4v) is 4.07. The summed E-state index contributed by atoms with van der Waals surface area (Å²) in [5, 5.41) is 10.7. The second kappa shape index (κ2) is 8.57. The number of likely N-dealkylation sites (N-methyl/N-ethyl adjacent to an activating group) is 1. The van der Waals surface area contributed by atoms with Gasteiger partial charge >= 0.3 is 0 Å². The first-order valence-corrected chi connectivity index (χ1v) is 10.0. The summed E-state index contributed by atoms with van der Waals surface area (Å²) in [5.74, 6) is 0.191. The van der Waals surface area contributed by atoms with Gasteiger partial charge in [-0.3, -0.25) is 14.7 Å². The maximum atomic E-state index is 12.4. The van der Waals surface area contributed by atoms with Gasteiger partial charge in [0.15, 0.2) is 0 Å². The number of nitriles is 1. The van der Waals surface area contributed by atoms with E-state index in [9.17, 15) is 10.1 Å². The molecule has 148 valence electrons. The molecule has 1 aliphatic rings. The minimum absolute atomic E-state index is 0.191. The number of carbonyl (C=O) groups excluding carboxylic acids is 1. The van der Waals surface area contributed by atoms with Crippen LogP contribution < -0.4 is 4.90 Å². The number of rotatable bonds is 5. The molecule has 1 aromatic carbocycles. The number of pyridine rings is 1. The lowest BCUT2D eigenvalue weighted by Crippen LogP contribution is -2.50. The Balaban J connectivity index is 1.82. The molecule has 1 amide bonds. The van der Waals surface area contributed by atoms with Crippen molar-refractivity contribution in [3.05, 3.63) is 35.0 Å². The van der Waals surface area contributed by atoms with E-state index in [0.29, 0.717) is 12.1 Å². The number of hydrogen-bond donors (Lipinski definition) is 0. The summed E-state index contributed by atoms with van der Waals surface area (Å²) in [6.45, 7) is 13.4. The molecule has 0 bridgehead atoms. The molecule has 1 aliphatic heterocycles. The zero-order valence-corrected chi connectivity index (χ0v) is 17.3. The lowest BCUT2D eigenvalue weighted by molar-refractivity contribution is -0.132.